The van der Waals surface area contributed by atoms with Gasteiger partial charge in [0.2, 0.25) is 0 Å². The largest absolute Gasteiger partial charge is 0.548 e. The zero-order valence-corrected chi connectivity index (χ0v) is 14.7. The molecule has 0 fully saturated rings. The Morgan fingerprint density at radius 2 is 1.96 bits per heavy atom. The van der Waals surface area contributed by atoms with Crippen LogP contribution in [0.4, 0.5) is 0 Å². The number of hydrogen-bond donors (Lipinski definition) is 0. The van der Waals surface area contributed by atoms with E-state index >= 15 is 0 Å². The number of carboxylic acid groups (broad SMARTS) is 1. The summed E-state index contributed by atoms with van der Waals surface area (Å²) in [5.74, 6) is -1.31. The van der Waals surface area contributed by atoms with Gasteiger partial charge in [-0.05, 0) is 44.4 Å². The molecule has 2 aromatic heterocycles. The number of fused-ring (bicyclic) bond motifs is 1. The second-order valence-electron chi connectivity index (χ2n) is 5.96. The molecule has 0 unspecified atom stereocenters. The zero-order chi connectivity index (χ0) is 17.6. The fourth-order valence-corrected chi connectivity index (χ4v) is 3.75. The topological polar surface area (TPSA) is 75.0 Å². The Hall–Kier alpha value is -2.47. The summed E-state index contributed by atoms with van der Waals surface area (Å²) in [5, 5.41) is 11.6. The van der Waals surface area contributed by atoms with Crippen LogP contribution in [0.2, 0.25) is 0 Å². The van der Waals surface area contributed by atoms with E-state index in [2.05, 4.69) is 4.98 Å². The number of aromatic nitrogens is 2. The van der Waals surface area contributed by atoms with Crippen LogP contribution in [0.15, 0.2) is 29.3 Å². The molecule has 0 N–H and O–H groups in total. The molecule has 0 saturated heterocycles. The van der Waals surface area contributed by atoms with Gasteiger partial charge in [-0.25, -0.2) is 4.98 Å². The molecule has 2 heterocycles. The van der Waals surface area contributed by atoms with Crippen molar-refractivity contribution in [1.82, 2.24) is 9.55 Å². The van der Waals surface area contributed by atoms with Crippen LogP contribution < -0.4 is 10.7 Å². The van der Waals surface area contributed by atoms with Gasteiger partial charge in [-0.1, -0.05) is 18.2 Å². The summed E-state index contributed by atoms with van der Waals surface area (Å²) in [6.07, 6.45) is 1.28. The molecule has 0 amide bonds. The average molecular weight is 341 g/mol. The van der Waals surface area contributed by atoms with Crippen LogP contribution >= 0.6 is 11.3 Å². The van der Waals surface area contributed by atoms with Gasteiger partial charge in [-0.2, -0.15) is 0 Å². The van der Waals surface area contributed by atoms with Crippen LogP contribution in [-0.2, 0) is 4.79 Å². The molecule has 1 aromatic carbocycles. The van der Waals surface area contributed by atoms with Gasteiger partial charge in [0.1, 0.15) is 4.83 Å². The Morgan fingerprint density at radius 3 is 2.58 bits per heavy atom. The molecule has 0 aliphatic carbocycles. The summed E-state index contributed by atoms with van der Waals surface area (Å²) in [4.78, 5) is 29.9. The number of nitrogens with zero attached hydrogens (tertiary/aromatic N) is 2. The summed E-state index contributed by atoms with van der Waals surface area (Å²) in [5.41, 5.74) is 3.74. The van der Waals surface area contributed by atoms with Crippen LogP contribution in [0.25, 0.3) is 21.3 Å². The maximum atomic E-state index is 12.9. The van der Waals surface area contributed by atoms with E-state index in [0.29, 0.717) is 10.2 Å². The lowest BCUT2D eigenvalue weighted by molar-refractivity contribution is -0.309. The first-order valence-electron chi connectivity index (χ1n) is 7.60. The summed E-state index contributed by atoms with van der Waals surface area (Å²) >= 11 is 1.44. The molecule has 0 radical (unpaired) electrons. The van der Waals surface area contributed by atoms with Gasteiger partial charge >= 0.3 is 0 Å². The minimum atomic E-state index is -1.31. The third-order valence-corrected chi connectivity index (χ3v) is 5.38. The number of benzene rings is 1. The molecule has 0 spiro atoms. The number of aryl methyl sites for hydroxylation is 3. The third-order valence-electron chi connectivity index (χ3n) is 4.37. The first kappa shape index (κ1) is 16.4. The molecule has 124 valence electrons. The minimum Gasteiger partial charge on any atom is -0.548 e. The Balaban J connectivity index is 2.34. The molecule has 0 aliphatic rings. The quantitative estimate of drug-likeness (QED) is 0.733. The van der Waals surface area contributed by atoms with E-state index in [1.807, 2.05) is 39.0 Å². The Labute approximate surface area is 143 Å². The minimum absolute atomic E-state index is 0.353. The SMILES string of the molecule is Cc1ccc(-c2c(C)sc3ncn([C@@H](C)C(=O)[O-])c(=O)c23)cc1C. The number of thiophene rings is 1. The predicted octanol–water partition coefficient (Wildman–Crippen LogP) is 2.36. The van der Waals surface area contributed by atoms with Crippen molar-refractivity contribution in [3.05, 3.63) is 50.9 Å². The van der Waals surface area contributed by atoms with E-state index in [9.17, 15) is 14.7 Å². The number of carbonyl (C=O) groups is 1. The van der Waals surface area contributed by atoms with Crippen molar-refractivity contribution in [1.29, 1.82) is 0 Å². The number of carbonyl (C=O) groups excluding carboxylic acids is 1. The maximum absolute atomic E-state index is 12.9. The highest BCUT2D eigenvalue weighted by molar-refractivity contribution is 7.19. The standard InChI is InChI=1S/C18H18N2O3S/c1-9-5-6-13(7-10(9)2)14-12(4)24-16-15(14)17(21)20(8-19-16)11(3)18(22)23/h5-8,11H,1-4H3,(H,22,23)/p-1/t11-/m0/s1. The summed E-state index contributed by atoms with van der Waals surface area (Å²) < 4.78 is 1.12. The number of rotatable bonds is 3. The normalized spacial score (nSPS) is 12.5. The molecule has 3 rings (SSSR count). The molecule has 5 nitrogen and oxygen atoms in total. The summed E-state index contributed by atoms with van der Waals surface area (Å²) in [6, 6.07) is 4.98. The van der Waals surface area contributed by atoms with Crippen LogP contribution in [-0.4, -0.2) is 15.5 Å². The molecular formula is C18H17N2O3S-. The van der Waals surface area contributed by atoms with Crippen molar-refractivity contribution < 1.29 is 9.90 Å². The first-order chi connectivity index (χ1) is 11.3. The monoisotopic (exact) mass is 341 g/mol. The second-order valence-corrected chi connectivity index (χ2v) is 7.17. The molecule has 1 atom stereocenters. The zero-order valence-electron chi connectivity index (χ0n) is 13.9. The number of carboxylic acids is 1. The fourth-order valence-electron chi connectivity index (χ4n) is 2.75. The molecule has 6 heteroatoms. The van der Waals surface area contributed by atoms with Crippen molar-refractivity contribution in [3.8, 4) is 11.1 Å². The number of aliphatic carboxylic acids is 1. The first-order valence-corrected chi connectivity index (χ1v) is 8.41. The molecule has 24 heavy (non-hydrogen) atoms. The van der Waals surface area contributed by atoms with Gasteiger partial charge in [-0.3, -0.25) is 9.36 Å². The fraction of sp³-hybridized carbons (Fsp3) is 0.278. The van der Waals surface area contributed by atoms with Crippen LogP contribution in [0, 0.1) is 20.8 Å². The van der Waals surface area contributed by atoms with Crippen LogP contribution in [0.3, 0.4) is 0 Å². The molecule has 0 saturated carbocycles. The Bertz CT molecular complexity index is 1020. The van der Waals surface area contributed by atoms with Gasteiger partial charge in [0.05, 0.1) is 23.7 Å². The van der Waals surface area contributed by atoms with Gasteiger partial charge in [0.15, 0.2) is 0 Å². The van der Waals surface area contributed by atoms with Gasteiger partial charge < -0.3 is 9.90 Å². The van der Waals surface area contributed by atoms with Crippen molar-refractivity contribution in [2.24, 2.45) is 0 Å². The van der Waals surface area contributed by atoms with Crippen molar-refractivity contribution in [3.63, 3.8) is 0 Å². The van der Waals surface area contributed by atoms with Crippen molar-refractivity contribution in [2.45, 2.75) is 33.7 Å². The van der Waals surface area contributed by atoms with Crippen LogP contribution in [0.1, 0.15) is 29.0 Å². The molecule has 0 aliphatic heterocycles. The van der Waals surface area contributed by atoms with Gasteiger partial charge in [0, 0.05) is 10.4 Å². The smallest absolute Gasteiger partial charge is 0.263 e. The van der Waals surface area contributed by atoms with Crippen molar-refractivity contribution in [2.75, 3.05) is 0 Å². The average Bonchev–Trinajstić information content (AvgIpc) is 2.87. The highest BCUT2D eigenvalue weighted by Gasteiger charge is 2.19. The predicted molar refractivity (Wildman–Crippen MR) is 93.2 cm³/mol. The maximum Gasteiger partial charge on any atom is 0.263 e. The van der Waals surface area contributed by atoms with E-state index in [1.165, 1.54) is 30.2 Å². The van der Waals surface area contributed by atoms with E-state index < -0.39 is 12.0 Å². The van der Waals surface area contributed by atoms with E-state index in [1.54, 1.807) is 0 Å². The molecular weight excluding hydrogens is 324 g/mol. The summed E-state index contributed by atoms with van der Waals surface area (Å²) in [6.45, 7) is 7.42. The van der Waals surface area contributed by atoms with Gasteiger partial charge in [0.25, 0.3) is 5.56 Å². The lowest BCUT2D eigenvalue weighted by Crippen LogP contribution is -2.36. The van der Waals surface area contributed by atoms with E-state index in [0.717, 1.165) is 26.1 Å². The second kappa shape index (κ2) is 5.87. The lowest BCUT2D eigenvalue weighted by atomic mass is 9.99. The molecule has 3 aromatic rings. The van der Waals surface area contributed by atoms with Crippen molar-refractivity contribution >= 4 is 27.5 Å². The summed E-state index contributed by atoms with van der Waals surface area (Å²) in [7, 11) is 0. The van der Waals surface area contributed by atoms with E-state index in [-0.39, 0.29) is 5.56 Å². The molecule has 0 bridgehead atoms. The Morgan fingerprint density at radius 1 is 1.25 bits per heavy atom. The van der Waals surface area contributed by atoms with Crippen LogP contribution in [0.5, 0.6) is 0 Å². The van der Waals surface area contributed by atoms with E-state index in [4.69, 9.17) is 0 Å². The highest BCUT2D eigenvalue weighted by atomic mass is 32.1. The Kier molecular flexibility index (Phi) is 4.01. The van der Waals surface area contributed by atoms with Gasteiger partial charge in [-0.15, -0.1) is 11.3 Å². The number of hydrogen-bond acceptors (Lipinski definition) is 5. The third kappa shape index (κ3) is 2.53. The highest BCUT2D eigenvalue weighted by Crippen LogP contribution is 2.36. The lowest BCUT2D eigenvalue weighted by Gasteiger charge is -2.15.